The number of ether oxygens (including phenoxy) is 1. The van der Waals surface area contributed by atoms with Crippen LogP contribution in [0.3, 0.4) is 0 Å². The number of nitrogens with zero attached hydrogens (tertiary/aromatic N) is 1. The third kappa shape index (κ3) is 4.50. The van der Waals surface area contributed by atoms with Crippen LogP contribution >= 0.6 is 11.6 Å². The summed E-state index contributed by atoms with van der Waals surface area (Å²) in [5, 5.41) is 3.71. The second-order valence-corrected chi connectivity index (χ2v) is 8.32. The minimum atomic E-state index is -0.402. The van der Waals surface area contributed by atoms with Crippen molar-refractivity contribution in [3.63, 3.8) is 0 Å². The minimum Gasteiger partial charge on any atom is -0.492 e. The van der Waals surface area contributed by atoms with Crippen LogP contribution in [0.15, 0.2) is 72.4 Å². The van der Waals surface area contributed by atoms with Gasteiger partial charge in [-0.25, -0.2) is 0 Å². The normalized spacial score (nSPS) is 13.6. The first-order valence-corrected chi connectivity index (χ1v) is 11.2. The first kappa shape index (κ1) is 22.6. The van der Waals surface area contributed by atoms with Crippen LogP contribution in [-0.4, -0.2) is 23.3 Å². The minimum absolute atomic E-state index is 0.0873. The molecule has 3 aromatic rings. The van der Waals surface area contributed by atoms with Crippen molar-refractivity contribution < 1.29 is 14.3 Å². The molecule has 3 aromatic carbocycles. The van der Waals surface area contributed by atoms with E-state index in [-0.39, 0.29) is 18.1 Å². The van der Waals surface area contributed by atoms with Crippen LogP contribution in [-0.2, 0) is 16.1 Å². The summed E-state index contributed by atoms with van der Waals surface area (Å²) in [4.78, 5) is 28.4. The molecule has 0 radical (unpaired) electrons. The van der Waals surface area contributed by atoms with E-state index in [1.165, 1.54) is 4.90 Å². The molecule has 0 spiro atoms. The van der Waals surface area contributed by atoms with E-state index < -0.39 is 5.91 Å². The van der Waals surface area contributed by atoms with E-state index in [0.29, 0.717) is 34.2 Å². The van der Waals surface area contributed by atoms with Crippen LogP contribution in [0.2, 0.25) is 5.02 Å². The number of imide groups is 1. The van der Waals surface area contributed by atoms with Gasteiger partial charge in [-0.2, -0.15) is 0 Å². The highest BCUT2D eigenvalue weighted by Gasteiger charge is 2.40. The average Bonchev–Trinajstić information content (AvgIpc) is 3.01. The summed E-state index contributed by atoms with van der Waals surface area (Å²) in [5.41, 5.74) is 4.62. The standard InChI is InChI=1S/C27H25ClN2O3/c1-4-33-23-12-8-7-11-22(23)29-25-24(20-14-13-17(2)15-18(20)3)26(31)30(27(25)32)16-19-9-5-6-10-21(19)28/h5-15,29H,4,16H2,1-3H3. The molecular formula is C27H25ClN2O3. The van der Waals surface area contributed by atoms with Crippen LogP contribution < -0.4 is 10.1 Å². The van der Waals surface area contributed by atoms with Crippen LogP contribution in [0.1, 0.15) is 29.2 Å². The first-order chi connectivity index (χ1) is 15.9. The Morgan fingerprint density at radius 2 is 1.67 bits per heavy atom. The van der Waals surface area contributed by atoms with Gasteiger partial charge < -0.3 is 10.1 Å². The highest BCUT2D eigenvalue weighted by molar-refractivity contribution is 6.37. The lowest BCUT2D eigenvalue weighted by Gasteiger charge is -2.17. The maximum absolute atomic E-state index is 13.6. The summed E-state index contributed by atoms with van der Waals surface area (Å²) in [5.74, 6) is -0.151. The molecule has 0 saturated heterocycles. The molecule has 0 atom stereocenters. The largest absolute Gasteiger partial charge is 0.492 e. The number of nitrogens with one attached hydrogen (secondary N) is 1. The second-order valence-electron chi connectivity index (χ2n) is 7.91. The molecule has 6 heteroatoms. The number of carbonyl (C=O) groups excluding carboxylic acids is 2. The summed E-state index contributed by atoms with van der Waals surface area (Å²) in [6.07, 6.45) is 0. The van der Waals surface area contributed by atoms with Gasteiger partial charge in [0.15, 0.2) is 0 Å². The maximum atomic E-state index is 13.6. The van der Waals surface area contributed by atoms with Crippen LogP contribution in [0.25, 0.3) is 5.57 Å². The zero-order chi connectivity index (χ0) is 23.5. The number of aryl methyl sites for hydroxylation is 2. The molecule has 1 N–H and O–H groups in total. The molecule has 4 rings (SSSR count). The highest BCUT2D eigenvalue weighted by Crippen LogP contribution is 2.35. The Morgan fingerprint density at radius 3 is 2.39 bits per heavy atom. The molecule has 0 fully saturated rings. The molecule has 1 aliphatic heterocycles. The van der Waals surface area contributed by atoms with Gasteiger partial charge in [0.05, 0.1) is 24.4 Å². The summed E-state index contributed by atoms with van der Waals surface area (Å²) in [6.45, 7) is 6.40. The molecular weight excluding hydrogens is 436 g/mol. The number of para-hydroxylation sites is 2. The Hall–Kier alpha value is -3.57. The second kappa shape index (κ2) is 9.51. The molecule has 0 unspecified atom stereocenters. The molecule has 0 aliphatic carbocycles. The summed E-state index contributed by atoms with van der Waals surface area (Å²) < 4.78 is 5.72. The van der Waals surface area contributed by atoms with Crippen molar-refractivity contribution >= 4 is 34.7 Å². The van der Waals surface area contributed by atoms with Crippen molar-refractivity contribution in [1.29, 1.82) is 0 Å². The van der Waals surface area contributed by atoms with Crippen molar-refractivity contribution in [2.24, 2.45) is 0 Å². The molecule has 0 saturated carbocycles. The van der Waals surface area contributed by atoms with E-state index in [0.717, 1.165) is 16.7 Å². The lowest BCUT2D eigenvalue weighted by molar-refractivity contribution is -0.137. The monoisotopic (exact) mass is 460 g/mol. The Balaban J connectivity index is 1.80. The fraction of sp³-hybridized carbons (Fsp3) is 0.185. The van der Waals surface area contributed by atoms with Gasteiger partial charge >= 0.3 is 0 Å². The van der Waals surface area contributed by atoms with Gasteiger partial charge in [-0.1, -0.05) is 65.7 Å². The Kier molecular flexibility index (Phi) is 6.52. The van der Waals surface area contributed by atoms with Crippen molar-refractivity contribution in [2.45, 2.75) is 27.3 Å². The van der Waals surface area contributed by atoms with Gasteiger partial charge in [0.2, 0.25) is 0 Å². The van der Waals surface area contributed by atoms with E-state index in [1.54, 1.807) is 6.07 Å². The van der Waals surface area contributed by atoms with Crippen LogP contribution in [0, 0.1) is 13.8 Å². The van der Waals surface area contributed by atoms with E-state index in [4.69, 9.17) is 16.3 Å². The molecule has 33 heavy (non-hydrogen) atoms. The van der Waals surface area contributed by atoms with Crippen molar-refractivity contribution in [3.8, 4) is 5.75 Å². The van der Waals surface area contributed by atoms with Gasteiger partial charge in [0.1, 0.15) is 11.4 Å². The fourth-order valence-electron chi connectivity index (χ4n) is 3.96. The molecule has 5 nitrogen and oxygen atoms in total. The maximum Gasteiger partial charge on any atom is 0.278 e. The number of anilines is 1. The molecule has 1 aliphatic rings. The quantitative estimate of drug-likeness (QED) is 0.456. The zero-order valence-corrected chi connectivity index (χ0v) is 19.6. The van der Waals surface area contributed by atoms with Crippen LogP contribution in [0.5, 0.6) is 5.75 Å². The van der Waals surface area contributed by atoms with Crippen molar-refractivity contribution in [2.75, 3.05) is 11.9 Å². The Bertz CT molecular complexity index is 1270. The molecule has 1 heterocycles. The molecule has 2 amide bonds. The van der Waals surface area contributed by atoms with Crippen LogP contribution in [0.4, 0.5) is 5.69 Å². The third-order valence-corrected chi connectivity index (χ3v) is 5.92. The number of benzene rings is 3. The number of hydrogen-bond acceptors (Lipinski definition) is 4. The number of rotatable bonds is 7. The number of amides is 2. The van der Waals surface area contributed by atoms with E-state index in [2.05, 4.69) is 5.32 Å². The smallest absolute Gasteiger partial charge is 0.278 e. The molecule has 0 bridgehead atoms. The third-order valence-electron chi connectivity index (χ3n) is 5.55. The summed E-state index contributed by atoms with van der Waals surface area (Å²) in [7, 11) is 0. The van der Waals surface area contributed by atoms with Gasteiger partial charge in [0, 0.05) is 5.02 Å². The predicted octanol–water partition coefficient (Wildman–Crippen LogP) is 5.75. The van der Waals surface area contributed by atoms with Crippen molar-refractivity contribution in [1.82, 2.24) is 4.90 Å². The Morgan fingerprint density at radius 1 is 0.939 bits per heavy atom. The average molecular weight is 461 g/mol. The Labute approximate surface area is 198 Å². The topological polar surface area (TPSA) is 58.6 Å². The van der Waals surface area contributed by atoms with E-state index >= 15 is 0 Å². The highest BCUT2D eigenvalue weighted by atomic mass is 35.5. The van der Waals surface area contributed by atoms with Gasteiger partial charge in [-0.05, 0) is 55.7 Å². The number of hydrogen-bond donors (Lipinski definition) is 1. The SMILES string of the molecule is CCOc1ccccc1NC1=C(c2ccc(C)cc2C)C(=O)N(Cc2ccccc2Cl)C1=O. The van der Waals surface area contributed by atoms with Gasteiger partial charge in [-0.15, -0.1) is 0 Å². The summed E-state index contributed by atoms with van der Waals surface area (Å²) >= 11 is 6.32. The molecule has 168 valence electrons. The first-order valence-electron chi connectivity index (χ1n) is 10.8. The lowest BCUT2D eigenvalue weighted by Crippen LogP contribution is -2.32. The summed E-state index contributed by atoms with van der Waals surface area (Å²) in [6, 6.07) is 20.4. The number of carbonyl (C=O) groups is 2. The van der Waals surface area contributed by atoms with E-state index in [9.17, 15) is 9.59 Å². The predicted molar refractivity (Wildman–Crippen MR) is 131 cm³/mol. The molecule has 0 aromatic heterocycles. The van der Waals surface area contributed by atoms with Gasteiger partial charge in [0.25, 0.3) is 11.8 Å². The fourth-order valence-corrected chi connectivity index (χ4v) is 4.16. The van der Waals surface area contributed by atoms with Gasteiger partial charge in [-0.3, -0.25) is 14.5 Å². The van der Waals surface area contributed by atoms with Crippen molar-refractivity contribution in [3.05, 3.63) is 99.7 Å². The number of halogens is 1. The van der Waals surface area contributed by atoms with E-state index in [1.807, 2.05) is 81.4 Å². The zero-order valence-electron chi connectivity index (χ0n) is 18.8. The lowest BCUT2D eigenvalue weighted by atomic mass is 9.97.